The molecule has 3 aromatic carbocycles. The molecule has 0 saturated carbocycles. The maximum absolute atomic E-state index is 13.5. The minimum atomic E-state index is -0.692. The maximum Gasteiger partial charge on any atom is 0.410 e. The van der Waals surface area contributed by atoms with Crippen molar-refractivity contribution in [3.63, 3.8) is 0 Å². The van der Waals surface area contributed by atoms with E-state index >= 15 is 0 Å². The lowest BCUT2D eigenvalue weighted by Crippen LogP contribution is -2.43. The van der Waals surface area contributed by atoms with Gasteiger partial charge in [-0.3, -0.25) is 4.90 Å². The Morgan fingerprint density at radius 2 is 1.30 bits per heavy atom. The van der Waals surface area contributed by atoms with E-state index < -0.39 is 29.9 Å². The second-order valence-electron chi connectivity index (χ2n) is 12.0. The van der Waals surface area contributed by atoms with E-state index in [1.54, 1.807) is 39.9 Å². The van der Waals surface area contributed by atoms with E-state index in [2.05, 4.69) is 10.6 Å². The van der Waals surface area contributed by atoms with E-state index in [0.29, 0.717) is 50.4 Å². The van der Waals surface area contributed by atoms with E-state index in [4.69, 9.17) is 23.7 Å². The van der Waals surface area contributed by atoms with Crippen LogP contribution in [0, 0.1) is 0 Å². The van der Waals surface area contributed by atoms with Crippen LogP contribution >= 0.6 is 0 Å². The molecule has 0 spiro atoms. The van der Waals surface area contributed by atoms with E-state index in [9.17, 15) is 14.4 Å². The molecule has 47 heavy (non-hydrogen) atoms. The third-order valence-corrected chi connectivity index (χ3v) is 6.91. The first-order valence-corrected chi connectivity index (χ1v) is 15.7. The maximum atomic E-state index is 13.5. The quantitative estimate of drug-likeness (QED) is 0.128. The molecule has 0 heterocycles. The summed E-state index contributed by atoms with van der Waals surface area (Å²) in [6.07, 6.45) is 0.120. The van der Waals surface area contributed by atoms with Gasteiger partial charge in [0.15, 0.2) is 0 Å². The number of nitrogens with zero attached hydrogens (tertiary/aromatic N) is 1. The summed E-state index contributed by atoms with van der Waals surface area (Å²) in [6, 6.07) is 23.9. The highest BCUT2D eigenvalue weighted by molar-refractivity contribution is 5.69. The minimum Gasteiger partial charge on any atom is -0.497 e. The van der Waals surface area contributed by atoms with Crippen molar-refractivity contribution in [2.75, 3.05) is 27.4 Å². The Kier molecular flexibility index (Phi) is 14.7. The highest BCUT2D eigenvalue weighted by Gasteiger charge is 2.23. The smallest absolute Gasteiger partial charge is 0.410 e. The van der Waals surface area contributed by atoms with E-state index in [1.165, 1.54) is 0 Å². The molecule has 3 aromatic rings. The van der Waals surface area contributed by atoms with Crippen LogP contribution in [0.2, 0.25) is 0 Å². The summed E-state index contributed by atoms with van der Waals surface area (Å²) in [6.45, 7) is 6.45. The van der Waals surface area contributed by atoms with Crippen molar-refractivity contribution >= 4 is 18.3 Å². The first-order valence-electron chi connectivity index (χ1n) is 15.7. The van der Waals surface area contributed by atoms with Crippen molar-refractivity contribution in [2.45, 2.75) is 71.4 Å². The van der Waals surface area contributed by atoms with E-state index in [0.717, 1.165) is 16.7 Å². The molecule has 11 heteroatoms. The first-order chi connectivity index (χ1) is 22.5. The van der Waals surface area contributed by atoms with Crippen molar-refractivity contribution in [1.29, 1.82) is 0 Å². The molecule has 0 saturated heterocycles. The third-order valence-electron chi connectivity index (χ3n) is 6.91. The molecule has 0 aliphatic heterocycles. The Hall–Kier alpha value is -4.93. The number of hydrogen-bond donors (Lipinski definition) is 2. The number of carbonyl (C=O) groups excluding carboxylic acids is 3. The zero-order valence-electron chi connectivity index (χ0n) is 28.0. The van der Waals surface area contributed by atoms with E-state index in [-0.39, 0.29) is 13.2 Å². The molecule has 0 aliphatic carbocycles. The number of hydrogen-bond acceptors (Lipinski definition) is 8. The van der Waals surface area contributed by atoms with Crippen LogP contribution in [0.3, 0.4) is 0 Å². The van der Waals surface area contributed by atoms with Crippen molar-refractivity contribution in [3.05, 3.63) is 95.6 Å². The van der Waals surface area contributed by atoms with Gasteiger partial charge in [0.05, 0.1) is 20.3 Å². The Bertz CT molecular complexity index is 1330. The fraction of sp³-hybridized carbons (Fsp3) is 0.417. The zero-order chi connectivity index (χ0) is 34.1. The second kappa shape index (κ2) is 18.9. The number of ether oxygens (including phenoxy) is 5. The molecular weight excluding hydrogens is 602 g/mol. The van der Waals surface area contributed by atoms with Gasteiger partial charge in [0, 0.05) is 19.6 Å². The number of benzene rings is 3. The number of nitrogens with one attached hydrogen (secondary N) is 2. The highest BCUT2D eigenvalue weighted by atomic mass is 16.6. The van der Waals surface area contributed by atoms with Crippen LogP contribution in [0.5, 0.6) is 11.5 Å². The predicted molar refractivity (Wildman–Crippen MR) is 178 cm³/mol. The number of methoxy groups -OCH3 is 2. The molecule has 3 amide bonds. The Morgan fingerprint density at radius 3 is 1.83 bits per heavy atom. The van der Waals surface area contributed by atoms with Gasteiger partial charge in [-0.25, -0.2) is 14.4 Å². The molecule has 1 unspecified atom stereocenters. The lowest BCUT2D eigenvalue weighted by Gasteiger charge is -2.26. The van der Waals surface area contributed by atoms with Gasteiger partial charge in [-0.15, -0.1) is 0 Å². The molecule has 0 aliphatic rings. The number of unbranched alkanes of at least 4 members (excludes halogenated alkanes) is 1. The van der Waals surface area contributed by atoms with Gasteiger partial charge in [0.2, 0.25) is 0 Å². The van der Waals surface area contributed by atoms with Crippen LogP contribution in [0.25, 0.3) is 0 Å². The van der Waals surface area contributed by atoms with Crippen molar-refractivity contribution < 1.29 is 38.1 Å². The van der Waals surface area contributed by atoms with Crippen LogP contribution in [-0.4, -0.2) is 62.2 Å². The van der Waals surface area contributed by atoms with Crippen LogP contribution in [0.4, 0.5) is 14.4 Å². The van der Waals surface area contributed by atoms with Crippen LogP contribution in [-0.2, 0) is 33.9 Å². The lowest BCUT2D eigenvalue weighted by molar-refractivity contribution is 0.0442. The first kappa shape index (κ1) is 36.5. The average molecular weight is 650 g/mol. The van der Waals surface area contributed by atoms with Gasteiger partial charge in [-0.1, -0.05) is 54.6 Å². The van der Waals surface area contributed by atoms with Crippen molar-refractivity contribution in [2.24, 2.45) is 0 Å². The topological polar surface area (TPSA) is 125 Å². The number of rotatable bonds is 16. The third kappa shape index (κ3) is 14.4. The molecular formula is C36H47N3O8. The van der Waals surface area contributed by atoms with Crippen molar-refractivity contribution in [3.8, 4) is 11.5 Å². The molecule has 11 nitrogen and oxygen atoms in total. The fourth-order valence-electron chi connectivity index (χ4n) is 4.50. The minimum absolute atomic E-state index is 0.0631. The zero-order valence-corrected chi connectivity index (χ0v) is 28.0. The molecule has 254 valence electrons. The Morgan fingerprint density at radius 1 is 0.723 bits per heavy atom. The largest absolute Gasteiger partial charge is 0.497 e. The average Bonchev–Trinajstić information content (AvgIpc) is 3.05. The second-order valence-corrected chi connectivity index (χ2v) is 12.0. The highest BCUT2D eigenvalue weighted by Crippen LogP contribution is 2.18. The number of carbonyl (C=O) groups is 3. The van der Waals surface area contributed by atoms with Gasteiger partial charge in [-0.2, -0.15) is 0 Å². The van der Waals surface area contributed by atoms with E-state index in [1.807, 2.05) is 78.9 Å². The summed E-state index contributed by atoms with van der Waals surface area (Å²) < 4.78 is 27.0. The standard InChI is InChI=1S/C36H47N3O8/c1-36(2,3)47-34(41)38-30(13-9-10-22-37-33(40)45-25-29-11-7-6-8-12-29)26-46-35(42)39(23-27-14-18-31(43-4)19-15-27)24-28-16-20-32(44-5)21-17-28/h6-8,11-12,14-21,30H,9-10,13,22-26H2,1-5H3,(H,37,40)(H,38,41). The fourth-order valence-corrected chi connectivity index (χ4v) is 4.50. The molecule has 3 rings (SSSR count). The Labute approximate surface area is 277 Å². The molecule has 0 bridgehead atoms. The van der Waals surface area contributed by atoms with Gasteiger partial charge < -0.3 is 34.3 Å². The van der Waals surface area contributed by atoms with Crippen LogP contribution in [0.1, 0.15) is 56.7 Å². The summed E-state index contributed by atoms with van der Waals surface area (Å²) >= 11 is 0. The Balaban J connectivity index is 1.58. The van der Waals surface area contributed by atoms with Crippen LogP contribution in [0.15, 0.2) is 78.9 Å². The molecule has 0 radical (unpaired) electrons. The van der Waals surface area contributed by atoms with Crippen LogP contribution < -0.4 is 20.1 Å². The van der Waals surface area contributed by atoms with Gasteiger partial charge >= 0.3 is 18.3 Å². The number of alkyl carbamates (subject to hydrolysis) is 2. The monoisotopic (exact) mass is 649 g/mol. The summed E-state index contributed by atoms with van der Waals surface area (Å²) in [7, 11) is 3.20. The summed E-state index contributed by atoms with van der Waals surface area (Å²) in [5, 5.41) is 5.58. The normalized spacial score (nSPS) is 11.5. The van der Waals surface area contributed by atoms with Gasteiger partial charge in [0.1, 0.15) is 30.3 Å². The SMILES string of the molecule is COc1ccc(CN(Cc2ccc(OC)cc2)C(=O)OCC(CCCCNC(=O)OCc2ccccc2)NC(=O)OC(C)(C)C)cc1. The number of amides is 3. The van der Waals surface area contributed by atoms with Gasteiger partial charge in [-0.05, 0) is 81.0 Å². The molecule has 2 N–H and O–H groups in total. The summed E-state index contributed by atoms with van der Waals surface area (Å²) in [5.41, 5.74) is 2.01. The summed E-state index contributed by atoms with van der Waals surface area (Å²) in [4.78, 5) is 39.8. The molecule has 0 fully saturated rings. The predicted octanol–water partition coefficient (Wildman–Crippen LogP) is 6.83. The summed E-state index contributed by atoms with van der Waals surface area (Å²) in [5.74, 6) is 1.43. The van der Waals surface area contributed by atoms with Crippen molar-refractivity contribution in [1.82, 2.24) is 15.5 Å². The molecule has 1 atom stereocenters. The lowest BCUT2D eigenvalue weighted by atomic mass is 10.1. The molecule has 0 aromatic heterocycles. The van der Waals surface area contributed by atoms with Gasteiger partial charge in [0.25, 0.3) is 0 Å².